The number of hydrogen-bond donors (Lipinski definition) is 0. The molecular formula is C14H22O2. The average molecular weight is 222 g/mol. The van der Waals surface area contributed by atoms with E-state index >= 15 is 0 Å². The van der Waals surface area contributed by atoms with Crippen molar-refractivity contribution in [3.63, 3.8) is 0 Å². The van der Waals surface area contributed by atoms with E-state index in [1.54, 1.807) is 0 Å². The molecule has 0 radical (unpaired) electrons. The highest BCUT2D eigenvalue weighted by atomic mass is 16.5. The van der Waals surface area contributed by atoms with Gasteiger partial charge in [0.25, 0.3) is 0 Å². The summed E-state index contributed by atoms with van der Waals surface area (Å²) in [6, 6.07) is 0. The Morgan fingerprint density at radius 1 is 1.19 bits per heavy atom. The summed E-state index contributed by atoms with van der Waals surface area (Å²) in [5.74, 6) is -0.225. The van der Waals surface area contributed by atoms with Gasteiger partial charge in [-0.3, -0.25) is 0 Å². The summed E-state index contributed by atoms with van der Waals surface area (Å²) >= 11 is 0. The lowest BCUT2D eigenvalue weighted by molar-refractivity contribution is -0.137. The SMILES string of the molecule is CCCCCCCC/C=C1\C=CC(=O)OC1. The second kappa shape index (κ2) is 8.14. The number of cyclic esters (lactones) is 1. The summed E-state index contributed by atoms with van der Waals surface area (Å²) in [5, 5.41) is 0. The van der Waals surface area contributed by atoms with E-state index in [1.807, 2.05) is 6.08 Å². The molecule has 0 amide bonds. The molecule has 0 aromatic carbocycles. The zero-order valence-electron chi connectivity index (χ0n) is 10.2. The molecule has 0 fully saturated rings. The standard InChI is InChI=1S/C14H22O2/c1-2-3-4-5-6-7-8-9-13-10-11-14(15)16-12-13/h9-11H,2-8,12H2,1H3/b13-9+. The molecule has 0 atom stereocenters. The van der Waals surface area contributed by atoms with Crippen LogP contribution in [-0.4, -0.2) is 12.6 Å². The molecule has 2 heteroatoms. The lowest BCUT2D eigenvalue weighted by Crippen LogP contribution is -2.08. The van der Waals surface area contributed by atoms with E-state index in [-0.39, 0.29) is 5.97 Å². The van der Waals surface area contributed by atoms with Gasteiger partial charge in [-0.1, -0.05) is 45.1 Å². The number of allylic oxidation sites excluding steroid dienone is 1. The molecule has 0 spiro atoms. The van der Waals surface area contributed by atoms with Crippen LogP contribution in [0.1, 0.15) is 51.9 Å². The molecule has 1 aliphatic heterocycles. The van der Waals surface area contributed by atoms with Crippen molar-refractivity contribution in [2.24, 2.45) is 0 Å². The minimum atomic E-state index is -0.225. The Kier molecular flexibility index (Phi) is 6.62. The maximum absolute atomic E-state index is 10.7. The Balaban J connectivity index is 2.04. The summed E-state index contributed by atoms with van der Waals surface area (Å²) in [5.41, 5.74) is 1.13. The van der Waals surface area contributed by atoms with Gasteiger partial charge in [0.05, 0.1) is 0 Å². The van der Waals surface area contributed by atoms with Crippen LogP contribution in [0.4, 0.5) is 0 Å². The Labute approximate surface area is 98.4 Å². The first-order chi connectivity index (χ1) is 7.83. The predicted molar refractivity (Wildman–Crippen MR) is 66.2 cm³/mol. The Hall–Kier alpha value is -1.05. The normalized spacial score (nSPS) is 17.8. The molecule has 90 valence electrons. The number of ether oxygens (including phenoxy) is 1. The van der Waals surface area contributed by atoms with Crippen LogP contribution < -0.4 is 0 Å². The first-order valence-corrected chi connectivity index (χ1v) is 6.37. The maximum atomic E-state index is 10.7. The molecule has 2 nitrogen and oxygen atoms in total. The fourth-order valence-corrected chi connectivity index (χ4v) is 1.76. The third-order valence-corrected chi connectivity index (χ3v) is 2.78. The number of hydrogen-bond acceptors (Lipinski definition) is 2. The number of rotatable bonds is 7. The van der Waals surface area contributed by atoms with E-state index in [4.69, 9.17) is 4.74 Å². The molecular weight excluding hydrogens is 200 g/mol. The van der Waals surface area contributed by atoms with Crippen LogP contribution in [0.15, 0.2) is 23.8 Å². The van der Waals surface area contributed by atoms with E-state index in [0.29, 0.717) is 6.61 Å². The third kappa shape index (κ3) is 5.74. The quantitative estimate of drug-likeness (QED) is 0.484. The van der Waals surface area contributed by atoms with Crippen LogP contribution >= 0.6 is 0 Å². The largest absolute Gasteiger partial charge is 0.458 e. The summed E-state index contributed by atoms with van der Waals surface area (Å²) in [7, 11) is 0. The molecule has 0 unspecified atom stereocenters. The van der Waals surface area contributed by atoms with Crippen LogP contribution in [0.3, 0.4) is 0 Å². The van der Waals surface area contributed by atoms with E-state index < -0.39 is 0 Å². The van der Waals surface area contributed by atoms with Gasteiger partial charge in [0.1, 0.15) is 6.61 Å². The van der Waals surface area contributed by atoms with Crippen molar-refractivity contribution in [3.05, 3.63) is 23.8 Å². The summed E-state index contributed by atoms with van der Waals surface area (Å²) in [4.78, 5) is 10.7. The van der Waals surface area contributed by atoms with Gasteiger partial charge in [0.2, 0.25) is 0 Å². The molecule has 0 saturated heterocycles. The molecule has 1 rings (SSSR count). The van der Waals surface area contributed by atoms with Gasteiger partial charge in [-0.2, -0.15) is 0 Å². The van der Waals surface area contributed by atoms with E-state index in [9.17, 15) is 4.79 Å². The van der Waals surface area contributed by atoms with E-state index in [0.717, 1.165) is 12.0 Å². The van der Waals surface area contributed by atoms with Gasteiger partial charge in [-0.25, -0.2) is 4.79 Å². The average Bonchev–Trinajstić information content (AvgIpc) is 2.30. The molecule has 1 heterocycles. The van der Waals surface area contributed by atoms with Crippen molar-refractivity contribution in [2.45, 2.75) is 51.9 Å². The smallest absolute Gasteiger partial charge is 0.331 e. The van der Waals surface area contributed by atoms with Crippen LogP contribution in [0.25, 0.3) is 0 Å². The highest BCUT2D eigenvalue weighted by Crippen LogP contribution is 2.11. The second-order valence-electron chi connectivity index (χ2n) is 4.28. The lowest BCUT2D eigenvalue weighted by Gasteiger charge is -2.08. The Morgan fingerprint density at radius 2 is 1.94 bits per heavy atom. The van der Waals surface area contributed by atoms with Gasteiger partial charge in [-0.15, -0.1) is 0 Å². The highest BCUT2D eigenvalue weighted by Gasteiger charge is 2.05. The van der Waals surface area contributed by atoms with Crippen LogP contribution in [0.2, 0.25) is 0 Å². The highest BCUT2D eigenvalue weighted by molar-refractivity contribution is 5.83. The van der Waals surface area contributed by atoms with Crippen molar-refractivity contribution >= 4 is 5.97 Å². The first kappa shape index (κ1) is 13.0. The fraction of sp³-hybridized carbons (Fsp3) is 0.643. The van der Waals surface area contributed by atoms with Gasteiger partial charge < -0.3 is 4.74 Å². The molecule has 0 aromatic heterocycles. The molecule has 1 aliphatic rings. The molecule has 0 N–H and O–H groups in total. The molecule has 0 aliphatic carbocycles. The van der Waals surface area contributed by atoms with Crippen molar-refractivity contribution in [1.29, 1.82) is 0 Å². The molecule has 0 aromatic rings. The first-order valence-electron chi connectivity index (χ1n) is 6.37. The van der Waals surface area contributed by atoms with Gasteiger partial charge in [0, 0.05) is 6.08 Å². The maximum Gasteiger partial charge on any atom is 0.331 e. The topological polar surface area (TPSA) is 26.3 Å². The zero-order chi connectivity index (χ0) is 11.6. The fourth-order valence-electron chi connectivity index (χ4n) is 1.76. The molecule has 16 heavy (non-hydrogen) atoms. The Morgan fingerprint density at radius 3 is 2.62 bits per heavy atom. The lowest BCUT2D eigenvalue weighted by atomic mass is 10.1. The van der Waals surface area contributed by atoms with Crippen LogP contribution in [0.5, 0.6) is 0 Å². The zero-order valence-corrected chi connectivity index (χ0v) is 10.2. The number of carbonyl (C=O) groups excluding carboxylic acids is 1. The van der Waals surface area contributed by atoms with Crippen LogP contribution in [-0.2, 0) is 9.53 Å². The summed E-state index contributed by atoms with van der Waals surface area (Å²) in [6.07, 6.45) is 14.6. The van der Waals surface area contributed by atoms with Crippen molar-refractivity contribution in [3.8, 4) is 0 Å². The predicted octanol–water partition coefficient (Wildman–Crippen LogP) is 3.78. The second-order valence-corrected chi connectivity index (χ2v) is 4.28. The van der Waals surface area contributed by atoms with Crippen molar-refractivity contribution < 1.29 is 9.53 Å². The number of esters is 1. The third-order valence-electron chi connectivity index (χ3n) is 2.78. The van der Waals surface area contributed by atoms with E-state index in [1.165, 1.54) is 44.6 Å². The minimum absolute atomic E-state index is 0.225. The van der Waals surface area contributed by atoms with E-state index in [2.05, 4.69) is 13.0 Å². The molecule has 0 saturated carbocycles. The Bertz CT molecular complexity index is 264. The monoisotopic (exact) mass is 222 g/mol. The summed E-state index contributed by atoms with van der Waals surface area (Å²) in [6.45, 7) is 2.69. The minimum Gasteiger partial charge on any atom is -0.458 e. The van der Waals surface area contributed by atoms with Crippen molar-refractivity contribution in [1.82, 2.24) is 0 Å². The van der Waals surface area contributed by atoms with Gasteiger partial charge in [-0.05, 0) is 24.5 Å². The van der Waals surface area contributed by atoms with Crippen molar-refractivity contribution in [2.75, 3.05) is 6.61 Å². The summed E-state index contributed by atoms with van der Waals surface area (Å²) < 4.78 is 4.91. The molecule has 0 bridgehead atoms. The number of carbonyl (C=O) groups is 1. The van der Waals surface area contributed by atoms with Crippen LogP contribution in [0, 0.1) is 0 Å². The number of unbranched alkanes of at least 4 members (excludes halogenated alkanes) is 6. The van der Waals surface area contributed by atoms with Gasteiger partial charge >= 0.3 is 5.97 Å². The van der Waals surface area contributed by atoms with Gasteiger partial charge in [0.15, 0.2) is 0 Å².